The van der Waals surface area contributed by atoms with Gasteiger partial charge in [-0.2, -0.15) is 0 Å². The maximum atomic E-state index is 13.1. The number of hydrogen-bond acceptors (Lipinski definition) is 4. The van der Waals surface area contributed by atoms with Gasteiger partial charge >= 0.3 is 6.03 Å². The zero-order valence-electron chi connectivity index (χ0n) is 18.2. The van der Waals surface area contributed by atoms with Crippen LogP contribution in [0.25, 0.3) is 0 Å². The van der Waals surface area contributed by atoms with Gasteiger partial charge in [-0.3, -0.25) is 4.79 Å². The Hall–Kier alpha value is -2.62. The maximum Gasteiger partial charge on any atom is 0.321 e. The van der Waals surface area contributed by atoms with E-state index < -0.39 is 10.0 Å². The number of halogens is 1. The first-order valence-electron chi connectivity index (χ1n) is 11.0. The van der Waals surface area contributed by atoms with E-state index >= 15 is 0 Å². The summed E-state index contributed by atoms with van der Waals surface area (Å²) >= 11 is 5.88. The lowest BCUT2D eigenvalue weighted by Gasteiger charge is -2.22. The number of sulfonamides is 1. The summed E-state index contributed by atoms with van der Waals surface area (Å²) in [5, 5.41) is 3.43. The van der Waals surface area contributed by atoms with E-state index in [1.54, 1.807) is 46.2 Å². The molecule has 10 heteroatoms. The van der Waals surface area contributed by atoms with Crippen LogP contribution in [0.4, 0.5) is 10.5 Å². The number of hydrogen-bond donors (Lipinski definition) is 2. The van der Waals surface area contributed by atoms with Crippen LogP contribution in [0.1, 0.15) is 29.6 Å². The SMILES string of the molecule is O=C(Nc1ccc(Cl)cc1)N1CCCN(C(=O)c2cccc(S(=O)(=O)NCC3CC3)c2)CC1. The van der Waals surface area contributed by atoms with Crippen molar-refractivity contribution in [3.05, 3.63) is 59.1 Å². The van der Waals surface area contributed by atoms with Gasteiger partial charge in [-0.25, -0.2) is 17.9 Å². The Labute approximate surface area is 198 Å². The van der Waals surface area contributed by atoms with Crippen LogP contribution in [-0.2, 0) is 10.0 Å². The summed E-state index contributed by atoms with van der Waals surface area (Å²) in [5.74, 6) is 0.177. The van der Waals surface area contributed by atoms with Crippen LogP contribution < -0.4 is 10.0 Å². The van der Waals surface area contributed by atoms with E-state index in [1.807, 2.05) is 0 Å². The molecule has 2 N–H and O–H groups in total. The second-order valence-corrected chi connectivity index (χ2v) is 10.6. The van der Waals surface area contributed by atoms with Crippen LogP contribution in [0.15, 0.2) is 53.4 Å². The largest absolute Gasteiger partial charge is 0.337 e. The van der Waals surface area contributed by atoms with E-state index in [9.17, 15) is 18.0 Å². The highest BCUT2D eigenvalue weighted by Crippen LogP contribution is 2.28. The fourth-order valence-electron chi connectivity index (χ4n) is 3.67. The second-order valence-electron chi connectivity index (χ2n) is 8.39. The van der Waals surface area contributed by atoms with E-state index in [2.05, 4.69) is 10.0 Å². The van der Waals surface area contributed by atoms with Crippen molar-refractivity contribution in [1.82, 2.24) is 14.5 Å². The average Bonchev–Trinajstić information content (AvgIpc) is 3.66. The van der Waals surface area contributed by atoms with Gasteiger partial charge in [0, 0.05) is 49.0 Å². The predicted molar refractivity (Wildman–Crippen MR) is 127 cm³/mol. The highest BCUT2D eigenvalue weighted by Gasteiger charge is 2.26. The molecule has 1 aliphatic heterocycles. The summed E-state index contributed by atoms with van der Waals surface area (Å²) in [6.07, 6.45) is 2.72. The molecule has 176 valence electrons. The van der Waals surface area contributed by atoms with Crippen molar-refractivity contribution in [3.8, 4) is 0 Å². The lowest BCUT2D eigenvalue weighted by Crippen LogP contribution is -2.39. The van der Waals surface area contributed by atoms with E-state index in [1.165, 1.54) is 12.1 Å². The molecule has 0 bridgehead atoms. The number of rotatable bonds is 6. The molecule has 2 fully saturated rings. The lowest BCUT2D eigenvalue weighted by atomic mass is 10.2. The van der Waals surface area contributed by atoms with Crippen molar-refractivity contribution in [1.29, 1.82) is 0 Å². The molecule has 8 nitrogen and oxygen atoms in total. The summed E-state index contributed by atoms with van der Waals surface area (Å²) < 4.78 is 27.7. The summed E-state index contributed by atoms with van der Waals surface area (Å²) in [4.78, 5) is 29.1. The zero-order chi connectivity index (χ0) is 23.4. The molecule has 4 rings (SSSR count). The first-order chi connectivity index (χ1) is 15.8. The molecule has 1 aliphatic carbocycles. The van der Waals surface area contributed by atoms with Gasteiger partial charge in [0.2, 0.25) is 10.0 Å². The molecule has 0 spiro atoms. The second kappa shape index (κ2) is 10.1. The Morgan fingerprint density at radius 3 is 2.39 bits per heavy atom. The molecular weight excluding hydrogens is 464 g/mol. The fraction of sp³-hybridized carbons (Fsp3) is 0.391. The Bertz CT molecular complexity index is 1120. The summed E-state index contributed by atoms with van der Waals surface area (Å²) in [6, 6.07) is 12.8. The molecule has 33 heavy (non-hydrogen) atoms. The molecular formula is C23H27ClN4O4S. The zero-order valence-corrected chi connectivity index (χ0v) is 19.7. The molecule has 0 aromatic heterocycles. The molecule has 1 saturated heterocycles. The molecule has 2 aromatic rings. The van der Waals surface area contributed by atoms with Crippen molar-refractivity contribution < 1.29 is 18.0 Å². The third kappa shape index (κ3) is 6.25. The molecule has 0 radical (unpaired) electrons. The number of amides is 3. The van der Waals surface area contributed by atoms with Crippen LogP contribution in [0.3, 0.4) is 0 Å². The average molecular weight is 491 g/mol. The Kier molecular flexibility index (Phi) is 7.21. The monoisotopic (exact) mass is 490 g/mol. The van der Waals surface area contributed by atoms with Crippen molar-refractivity contribution in [2.75, 3.05) is 38.0 Å². The summed E-state index contributed by atoms with van der Waals surface area (Å²) in [6.45, 7) is 2.18. The first-order valence-corrected chi connectivity index (χ1v) is 12.9. The van der Waals surface area contributed by atoms with Crippen molar-refractivity contribution in [3.63, 3.8) is 0 Å². The number of carbonyl (C=O) groups excluding carboxylic acids is 2. The predicted octanol–water partition coefficient (Wildman–Crippen LogP) is 3.41. The number of benzene rings is 2. The molecule has 1 heterocycles. The smallest absolute Gasteiger partial charge is 0.321 e. The minimum atomic E-state index is -3.65. The molecule has 0 atom stereocenters. The lowest BCUT2D eigenvalue weighted by molar-refractivity contribution is 0.0762. The molecule has 1 saturated carbocycles. The molecule has 0 unspecified atom stereocenters. The van der Waals surface area contributed by atoms with Crippen molar-refractivity contribution >= 4 is 39.2 Å². The minimum Gasteiger partial charge on any atom is -0.337 e. The Morgan fingerprint density at radius 2 is 1.67 bits per heavy atom. The van der Waals surface area contributed by atoms with Gasteiger partial charge in [-0.15, -0.1) is 0 Å². The van der Waals surface area contributed by atoms with Gasteiger partial charge in [0.1, 0.15) is 0 Å². The third-order valence-electron chi connectivity index (χ3n) is 5.82. The van der Waals surface area contributed by atoms with Gasteiger partial charge in [0.05, 0.1) is 4.90 Å². The maximum absolute atomic E-state index is 13.1. The molecule has 2 aliphatic rings. The number of anilines is 1. The molecule has 3 amide bonds. The number of urea groups is 1. The summed E-state index contributed by atoms with van der Waals surface area (Å²) in [5.41, 5.74) is 0.971. The van der Waals surface area contributed by atoms with Gasteiger partial charge in [0.15, 0.2) is 0 Å². The van der Waals surface area contributed by atoms with Crippen LogP contribution in [0, 0.1) is 5.92 Å². The van der Waals surface area contributed by atoms with Gasteiger partial charge in [-0.1, -0.05) is 17.7 Å². The summed E-state index contributed by atoms with van der Waals surface area (Å²) in [7, 11) is -3.65. The topological polar surface area (TPSA) is 98.8 Å². The van der Waals surface area contributed by atoms with Gasteiger partial charge < -0.3 is 15.1 Å². The van der Waals surface area contributed by atoms with Crippen LogP contribution in [0.5, 0.6) is 0 Å². The van der Waals surface area contributed by atoms with Crippen molar-refractivity contribution in [2.45, 2.75) is 24.2 Å². The Balaban J connectivity index is 1.37. The third-order valence-corrected chi connectivity index (χ3v) is 7.49. The van der Waals surface area contributed by atoms with Crippen molar-refractivity contribution in [2.24, 2.45) is 5.92 Å². The number of nitrogens with one attached hydrogen (secondary N) is 2. The molecule has 2 aromatic carbocycles. The highest BCUT2D eigenvalue weighted by atomic mass is 35.5. The van der Waals surface area contributed by atoms with Gasteiger partial charge in [0.25, 0.3) is 5.91 Å². The minimum absolute atomic E-state index is 0.0905. The van der Waals surface area contributed by atoms with E-state index in [-0.39, 0.29) is 16.8 Å². The normalized spacial score (nSPS) is 16.9. The number of carbonyl (C=O) groups is 2. The van der Waals surface area contributed by atoms with Crippen LogP contribution in [-0.4, -0.2) is 62.9 Å². The first kappa shape index (κ1) is 23.5. The van der Waals surface area contributed by atoms with E-state index in [0.29, 0.717) is 61.3 Å². The quantitative estimate of drug-likeness (QED) is 0.648. The van der Waals surface area contributed by atoms with Crippen LogP contribution in [0.2, 0.25) is 5.02 Å². The Morgan fingerprint density at radius 1 is 0.970 bits per heavy atom. The standard InChI is InChI=1S/C23H27ClN4O4S/c24-19-7-9-20(10-8-19)26-23(30)28-12-2-11-27(13-14-28)22(29)18-3-1-4-21(15-18)33(31,32)25-16-17-5-6-17/h1,3-4,7-10,15,17,25H,2,5-6,11-14,16H2,(H,26,30). The van der Waals surface area contributed by atoms with E-state index in [0.717, 1.165) is 12.8 Å². The fourth-order valence-corrected chi connectivity index (χ4v) is 4.96. The number of nitrogens with zero attached hydrogens (tertiary/aromatic N) is 2. The highest BCUT2D eigenvalue weighted by molar-refractivity contribution is 7.89. The van der Waals surface area contributed by atoms with Gasteiger partial charge in [-0.05, 0) is 67.6 Å². The van der Waals surface area contributed by atoms with E-state index in [4.69, 9.17) is 11.6 Å². The van der Waals surface area contributed by atoms with Crippen LogP contribution >= 0.6 is 11.6 Å².